The summed E-state index contributed by atoms with van der Waals surface area (Å²) >= 11 is 0. The van der Waals surface area contributed by atoms with Gasteiger partial charge < -0.3 is 14.2 Å². The molecule has 0 saturated carbocycles. The predicted octanol–water partition coefficient (Wildman–Crippen LogP) is 5.77. The molecule has 0 radical (unpaired) electrons. The molecule has 0 bridgehead atoms. The molecule has 0 fully saturated rings. The van der Waals surface area contributed by atoms with Crippen LogP contribution in [0.1, 0.15) is 59.2 Å². The number of carbonyl (C=O) groups excluding carboxylic acids is 3. The second-order valence-electron chi connectivity index (χ2n) is 8.61. The summed E-state index contributed by atoms with van der Waals surface area (Å²) in [5, 5.41) is 0. The molecule has 0 atom stereocenters. The van der Waals surface area contributed by atoms with Crippen molar-refractivity contribution in [3.63, 3.8) is 0 Å². The first-order valence-electron chi connectivity index (χ1n) is 12.1. The van der Waals surface area contributed by atoms with Crippen LogP contribution >= 0.6 is 0 Å². The van der Waals surface area contributed by atoms with Crippen molar-refractivity contribution >= 4 is 17.9 Å². The van der Waals surface area contributed by atoms with Crippen LogP contribution in [0.4, 0.5) is 0 Å². The molecule has 4 aromatic rings. The lowest BCUT2D eigenvalue weighted by Gasteiger charge is -2.17. The van der Waals surface area contributed by atoms with Crippen molar-refractivity contribution in [2.75, 3.05) is 0 Å². The summed E-state index contributed by atoms with van der Waals surface area (Å²) < 4.78 is 16.5. The molecule has 7 nitrogen and oxygen atoms in total. The Kier molecular flexibility index (Phi) is 8.61. The van der Waals surface area contributed by atoms with E-state index in [9.17, 15) is 14.4 Å². The Bertz CT molecular complexity index is 1420. The Balaban J connectivity index is 1.63. The van der Waals surface area contributed by atoms with Crippen LogP contribution in [0.5, 0.6) is 0 Å². The van der Waals surface area contributed by atoms with Gasteiger partial charge in [-0.3, -0.25) is 0 Å². The topological polar surface area (TPSA) is 91.8 Å². The van der Waals surface area contributed by atoms with E-state index in [0.29, 0.717) is 0 Å². The van der Waals surface area contributed by atoms with Gasteiger partial charge in [-0.2, -0.15) is 0 Å². The third kappa shape index (κ3) is 6.50. The fourth-order valence-corrected chi connectivity index (χ4v) is 3.88. The fraction of sp³-hybridized carbons (Fsp3) is 0.161. The van der Waals surface area contributed by atoms with Gasteiger partial charge in [0.05, 0.1) is 16.8 Å². The maximum Gasteiger partial charge on any atom is 0.357 e. The van der Waals surface area contributed by atoms with Gasteiger partial charge in [0.25, 0.3) is 0 Å². The molecule has 1 aromatic heterocycles. The largest absolute Gasteiger partial charge is 0.457 e. The Morgan fingerprint density at radius 3 is 1.34 bits per heavy atom. The summed E-state index contributed by atoms with van der Waals surface area (Å²) in [5.41, 5.74) is 2.53. The van der Waals surface area contributed by atoms with Gasteiger partial charge in [0.1, 0.15) is 19.8 Å². The third-order valence-corrected chi connectivity index (χ3v) is 5.86. The van der Waals surface area contributed by atoms with Crippen molar-refractivity contribution in [1.29, 1.82) is 0 Å². The number of hydrogen-bond acceptors (Lipinski definition) is 7. The van der Waals surface area contributed by atoms with Gasteiger partial charge in [-0.15, -0.1) is 0 Å². The highest BCUT2D eigenvalue weighted by Crippen LogP contribution is 2.24. The van der Waals surface area contributed by atoms with E-state index in [2.05, 4.69) is 4.98 Å². The number of aromatic nitrogens is 1. The molecule has 0 saturated heterocycles. The van der Waals surface area contributed by atoms with E-state index in [1.54, 1.807) is 13.8 Å². The molecule has 1 heterocycles. The molecule has 0 amide bonds. The highest BCUT2D eigenvalue weighted by molar-refractivity contribution is 6.07. The van der Waals surface area contributed by atoms with E-state index >= 15 is 0 Å². The molecule has 192 valence electrons. The van der Waals surface area contributed by atoms with Gasteiger partial charge in [0, 0.05) is 0 Å². The van der Waals surface area contributed by atoms with Crippen molar-refractivity contribution in [1.82, 2.24) is 4.98 Å². The molecule has 0 aliphatic rings. The second kappa shape index (κ2) is 12.5. The maximum absolute atomic E-state index is 13.3. The van der Waals surface area contributed by atoms with Crippen molar-refractivity contribution in [3.8, 4) is 0 Å². The first kappa shape index (κ1) is 26.3. The standard InChI is InChI=1S/C31H27NO6/c1-21-26(29(33)36-18-23-12-6-3-7-13-23)27(30(34)37-19-24-14-8-4-9-15-24)22(2)32-28(21)31(35)38-20-25-16-10-5-11-17-25/h3-17H,18-20H2,1-2H3. The molecular formula is C31H27NO6. The SMILES string of the molecule is Cc1nc(C(=O)OCc2ccccc2)c(C)c(C(=O)OCc2ccccc2)c1C(=O)OCc1ccccc1. The number of nitrogens with zero attached hydrogens (tertiary/aromatic N) is 1. The van der Waals surface area contributed by atoms with Crippen LogP contribution in [0.3, 0.4) is 0 Å². The van der Waals surface area contributed by atoms with Crippen LogP contribution in [-0.2, 0) is 34.0 Å². The number of ether oxygens (including phenoxy) is 3. The van der Waals surface area contributed by atoms with Gasteiger partial charge in [-0.25, -0.2) is 19.4 Å². The summed E-state index contributed by atoms with van der Waals surface area (Å²) in [6.07, 6.45) is 0. The molecule has 0 aliphatic carbocycles. The highest BCUT2D eigenvalue weighted by atomic mass is 16.5. The van der Waals surface area contributed by atoms with E-state index < -0.39 is 17.9 Å². The average Bonchev–Trinajstić information content (AvgIpc) is 2.95. The van der Waals surface area contributed by atoms with Gasteiger partial charge in [0.2, 0.25) is 0 Å². The van der Waals surface area contributed by atoms with Gasteiger partial charge in [-0.05, 0) is 36.1 Å². The van der Waals surface area contributed by atoms with E-state index in [-0.39, 0.29) is 47.9 Å². The van der Waals surface area contributed by atoms with Crippen molar-refractivity contribution < 1.29 is 28.6 Å². The smallest absolute Gasteiger partial charge is 0.357 e. The lowest BCUT2D eigenvalue weighted by Crippen LogP contribution is -2.22. The van der Waals surface area contributed by atoms with Gasteiger partial charge >= 0.3 is 17.9 Å². The van der Waals surface area contributed by atoms with Crippen molar-refractivity contribution in [3.05, 3.63) is 136 Å². The van der Waals surface area contributed by atoms with Crippen LogP contribution < -0.4 is 0 Å². The number of pyridine rings is 1. The third-order valence-electron chi connectivity index (χ3n) is 5.86. The summed E-state index contributed by atoms with van der Waals surface area (Å²) in [6, 6.07) is 27.5. The van der Waals surface area contributed by atoms with E-state index in [1.807, 2.05) is 91.0 Å². The molecule has 0 N–H and O–H groups in total. The molecule has 0 aliphatic heterocycles. The van der Waals surface area contributed by atoms with Crippen molar-refractivity contribution in [2.24, 2.45) is 0 Å². The average molecular weight is 510 g/mol. The maximum atomic E-state index is 13.3. The summed E-state index contributed by atoms with van der Waals surface area (Å²) in [7, 11) is 0. The lowest BCUT2D eigenvalue weighted by molar-refractivity contribution is 0.0418. The molecule has 4 rings (SSSR count). The van der Waals surface area contributed by atoms with E-state index in [4.69, 9.17) is 14.2 Å². The monoisotopic (exact) mass is 509 g/mol. The van der Waals surface area contributed by atoms with Gasteiger partial charge in [0.15, 0.2) is 5.69 Å². The normalized spacial score (nSPS) is 10.5. The number of hydrogen-bond donors (Lipinski definition) is 0. The minimum Gasteiger partial charge on any atom is -0.457 e. The molecule has 3 aromatic carbocycles. The zero-order valence-electron chi connectivity index (χ0n) is 21.2. The summed E-state index contributed by atoms with van der Waals surface area (Å²) in [5.74, 6) is -2.21. The Morgan fingerprint density at radius 1 is 0.553 bits per heavy atom. The van der Waals surface area contributed by atoms with E-state index in [0.717, 1.165) is 16.7 Å². The fourth-order valence-electron chi connectivity index (χ4n) is 3.88. The predicted molar refractivity (Wildman–Crippen MR) is 140 cm³/mol. The Hall–Kier alpha value is -4.78. The number of rotatable bonds is 9. The molecule has 0 spiro atoms. The quantitative estimate of drug-likeness (QED) is 0.209. The number of aryl methyl sites for hydroxylation is 1. The first-order valence-corrected chi connectivity index (χ1v) is 12.1. The zero-order chi connectivity index (χ0) is 26.9. The van der Waals surface area contributed by atoms with Crippen molar-refractivity contribution in [2.45, 2.75) is 33.7 Å². The number of benzene rings is 3. The number of esters is 3. The van der Waals surface area contributed by atoms with Crippen LogP contribution in [0.15, 0.2) is 91.0 Å². The number of carbonyl (C=O) groups is 3. The first-order chi connectivity index (χ1) is 18.4. The van der Waals surface area contributed by atoms with Crippen LogP contribution in [0, 0.1) is 13.8 Å². The summed E-state index contributed by atoms with van der Waals surface area (Å²) in [6.45, 7) is 3.12. The lowest BCUT2D eigenvalue weighted by atomic mass is 9.99. The molecular weight excluding hydrogens is 482 g/mol. The zero-order valence-corrected chi connectivity index (χ0v) is 21.2. The second-order valence-corrected chi connectivity index (χ2v) is 8.61. The molecule has 38 heavy (non-hydrogen) atoms. The summed E-state index contributed by atoms with van der Waals surface area (Å²) in [4.78, 5) is 43.9. The van der Waals surface area contributed by atoms with Crippen LogP contribution in [0.2, 0.25) is 0 Å². The van der Waals surface area contributed by atoms with Gasteiger partial charge in [-0.1, -0.05) is 91.0 Å². The minimum absolute atomic E-state index is 0.00717. The minimum atomic E-state index is -0.763. The Morgan fingerprint density at radius 2 is 0.921 bits per heavy atom. The Labute approximate surface area is 221 Å². The van der Waals surface area contributed by atoms with Crippen LogP contribution in [0.25, 0.3) is 0 Å². The highest BCUT2D eigenvalue weighted by Gasteiger charge is 2.30. The van der Waals surface area contributed by atoms with E-state index in [1.165, 1.54) is 0 Å². The molecule has 7 heteroatoms. The van der Waals surface area contributed by atoms with Crippen LogP contribution in [-0.4, -0.2) is 22.9 Å². The molecule has 0 unspecified atom stereocenters.